The first-order valence-electron chi connectivity index (χ1n) is 5.96. The zero-order chi connectivity index (χ0) is 13.0. The standard InChI is InChI=1S/C13H14BrFN2S/c14-12-9(7-16)4-5-11(13(12)15)17-8-10-3-1-2-6-18-10/h4-5,10,17H,1-3,6,8H2. The molecule has 1 aliphatic rings. The summed E-state index contributed by atoms with van der Waals surface area (Å²) in [6, 6.07) is 5.21. The van der Waals surface area contributed by atoms with E-state index in [0.717, 1.165) is 6.54 Å². The topological polar surface area (TPSA) is 35.8 Å². The summed E-state index contributed by atoms with van der Waals surface area (Å²) in [5.74, 6) is 0.821. The van der Waals surface area contributed by atoms with Crippen LogP contribution in [-0.2, 0) is 0 Å². The quantitative estimate of drug-likeness (QED) is 0.905. The van der Waals surface area contributed by atoms with Gasteiger partial charge in [-0.15, -0.1) is 0 Å². The van der Waals surface area contributed by atoms with Gasteiger partial charge >= 0.3 is 0 Å². The molecule has 0 bridgehead atoms. The number of hydrogen-bond acceptors (Lipinski definition) is 3. The van der Waals surface area contributed by atoms with Crippen molar-refractivity contribution in [3.63, 3.8) is 0 Å². The van der Waals surface area contributed by atoms with Gasteiger partial charge in [0.05, 0.1) is 15.7 Å². The fourth-order valence-electron chi connectivity index (χ4n) is 1.96. The molecule has 1 saturated heterocycles. The van der Waals surface area contributed by atoms with Gasteiger partial charge in [-0.1, -0.05) is 6.42 Å². The number of nitrogens with one attached hydrogen (secondary N) is 1. The molecule has 1 atom stereocenters. The van der Waals surface area contributed by atoms with Gasteiger partial charge in [-0.2, -0.15) is 17.0 Å². The highest BCUT2D eigenvalue weighted by atomic mass is 79.9. The summed E-state index contributed by atoms with van der Waals surface area (Å²) in [5, 5.41) is 12.5. The van der Waals surface area contributed by atoms with Gasteiger partial charge in [-0.3, -0.25) is 0 Å². The van der Waals surface area contributed by atoms with Gasteiger partial charge in [-0.05, 0) is 46.7 Å². The zero-order valence-corrected chi connectivity index (χ0v) is 12.3. The lowest BCUT2D eigenvalue weighted by Crippen LogP contribution is -2.20. The minimum absolute atomic E-state index is 0.242. The van der Waals surface area contributed by atoms with Crippen LogP contribution in [0.25, 0.3) is 0 Å². The maximum Gasteiger partial charge on any atom is 0.161 e. The van der Waals surface area contributed by atoms with Crippen molar-refractivity contribution in [2.45, 2.75) is 24.5 Å². The van der Waals surface area contributed by atoms with Crippen molar-refractivity contribution in [3.05, 3.63) is 28.0 Å². The van der Waals surface area contributed by atoms with E-state index in [-0.39, 0.29) is 10.3 Å². The van der Waals surface area contributed by atoms with Crippen molar-refractivity contribution >= 4 is 33.4 Å². The molecule has 2 nitrogen and oxygen atoms in total. The summed E-state index contributed by atoms with van der Waals surface area (Å²) >= 11 is 5.07. The second-order valence-corrected chi connectivity index (χ2v) is 6.47. The second kappa shape index (κ2) is 6.44. The molecule has 18 heavy (non-hydrogen) atoms. The molecule has 0 radical (unpaired) electrons. The number of nitriles is 1. The first-order valence-corrected chi connectivity index (χ1v) is 7.80. The molecule has 1 heterocycles. The number of anilines is 1. The number of rotatable bonds is 3. The van der Waals surface area contributed by atoms with E-state index in [1.165, 1.54) is 25.0 Å². The van der Waals surface area contributed by atoms with Crippen LogP contribution in [0.5, 0.6) is 0 Å². The van der Waals surface area contributed by atoms with Crippen molar-refractivity contribution in [3.8, 4) is 6.07 Å². The van der Waals surface area contributed by atoms with E-state index < -0.39 is 0 Å². The molecule has 1 N–H and O–H groups in total. The Balaban J connectivity index is 2.01. The average Bonchev–Trinajstić information content (AvgIpc) is 2.42. The SMILES string of the molecule is N#Cc1ccc(NCC2CCCCS2)c(F)c1Br. The summed E-state index contributed by atoms with van der Waals surface area (Å²) in [4.78, 5) is 0. The average molecular weight is 329 g/mol. The molecule has 0 saturated carbocycles. The number of thioether (sulfide) groups is 1. The smallest absolute Gasteiger partial charge is 0.161 e. The summed E-state index contributed by atoms with van der Waals surface area (Å²) in [5.41, 5.74) is 0.789. The summed E-state index contributed by atoms with van der Waals surface area (Å²) in [7, 11) is 0. The highest BCUT2D eigenvalue weighted by Crippen LogP contribution is 2.28. The van der Waals surface area contributed by atoms with Crippen LogP contribution in [0.2, 0.25) is 0 Å². The predicted molar refractivity (Wildman–Crippen MR) is 77.4 cm³/mol. The molecule has 1 aromatic carbocycles. The minimum atomic E-state index is -0.380. The van der Waals surface area contributed by atoms with Gasteiger partial charge in [0, 0.05) is 11.8 Å². The number of halogens is 2. The van der Waals surface area contributed by atoms with E-state index in [4.69, 9.17) is 5.26 Å². The third kappa shape index (κ3) is 3.18. The Morgan fingerprint density at radius 2 is 2.33 bits per heavy atom. The first kappa shape index (κ1) is 13.7. The number of nitrogens with zero attached hydrogens (tertiary/aromatic N) is 1. The van der Waals surface area contributed by atoms with Gasteiger partial charge < -0.3 is 5.32 Å². The lowest BCUT2D eigenvalue weighted by Gasteiger charge is -2.22. The van der Waals surface area contributed by atoms with E-state index in [0.29, 0.717) is 16.5 Å². The molecular weight excluding hydrogens is 315 g/mol. The van der Waals surface area contributed by atoms with Crippen molar-refractivity contribution in [1.29, 1.82) is 5.26 Å². The molecule has 1 aliphatic heterocycles. The van der Waals surface area contributed by atoms with Crippen LogP contribution < -0.4 is 5.32 Å². The van der Waals surface area contributed by atoms with Gasteiger partial charge in [0.25, 0.3) is 0 Å². The van der Waals surface area contributed by atoms with Crippen molar-refractivity contribution in [2.24, 2.45) is 0 Å². The van der Waals surface area contributed by atoms with E-state index >= 15 is 0 Å². The van der Waals surface area contributed by atoms with Gasteiger partial charge in [0.2, 0.25) is 0 Å². The van der Waals surface area contributed by atoms with Crippen LogP contribution in [0.1, 0.15) is 24.8 Å². The van der Waals surface area contributed by atoms with Crippen LogP contribution in [0.4, 0.5) is 10.1 Å². The van der Waals surface area contributed by atoms with Crippen molar-refractivity contribution in [2.75, 3.05) is 17.6 Å². The van der Waals surface area contributed by atoms with Crippen LogP contribution in [0.3, 0.4) is 0 Å². The lowest BCUT2D eigenvalue weighted by molar-refractivity contribution is 0.620. The van der Waals surface area contributed by atoms with E-state index in [1.54, 1.807) is 12.1 Å². The monoisotopic (exact) mass is 328 g/mol. The summed E-state index contributed by atoms with van der Waals surface area (Å²) < 4.78 is 14.2. The van der Waals surface area contributed by atoms with Gasteiger partial charge in [0.1, 0.15) is 6.07 Å². The normalized spacial score (nSPS) is 19.3. The fraction of sp³-hybridized carbons (Fsp3) is 0.462. The number of benzene rings is 1. The van der Waals surface area contributed by atoms with E-state index in [2.05, 4.69) is 21.2 Å². The van der Waals surface area contributed by atoms with Crippen LogP contribution >= 0.6 is 27.7 Å². The number of hydrogen-bond donors (Lipinski definition) is 1. The van der Waals surface area contributed by atoms with E-state index in [9.17, 15) is 4.39 Å². The predicted octanol–water partition coefficient (Wildman–Crippen LogP) is 4.16. The zero-order valence-electron chi connectivity index (χ0n) is 9.88. The third-order valence-corrected chi connectivity index (χ3v) is 5.17. The molecule has 96 valence electrons. The lowest BCUT2D eigenvalue weighted by atomic mass is 10.1. The fourth-order valence-corrected chi connectivity index (χ4v) is 3.64. The highest BCUT2D eigenvalue weighted by molar-refractivity contribution is 9.10. The van der Waals surface area contributed by atoms with Crippen molar-refractivity contribution in [1.82, 2.24) is 0 Å². The Labute approximate surface area is 119 Å². The Morgan fingerprint density at radius 1 is 1.50 bits per heavy atom. The van der Waals surface area contributed by atoms with Crippen molar-refractivity contribution < 1.29 is 4.39 Å². The van der Waals surface area contributed by atoms with Gasteiger partial charge in [-0.25, -0.2) is 4.39 Å². The molecule has 2 rings (SSSR count). The third-order valence-electron chi connectivity index (χ3n) is 3.00. The molecule has 1 fully saturated rings. The van der Waals surface area contributed by atoms with Gasteiger partial charge in [0.15, 0.2) is 5.82 Å². The molecular formula is C13H14BrFN2S. The molecule has 5 heteroatoms. The first-order chi connectivity index (χ1) is 8.72. The Kier molecular flexibility index (Phi) is 4.90. The second-order valence-electron chi connectivity index (χ2n) is 4.27. The molecule has 0 aromatic heterocycles. The molecule has 1 unspecified atom stereocenters. The summed E-state index contributed by atoms with van der Waals surface area (Å²) in [6.07, 6.45) is 3.74. The largest absolute Gasteiger partial charge is 0.382 e. The minimum Gasteiger partial charge on any atom is -0.382 e. The Hall–Kier alpha value is -0.730. The van der Waals surface area contributed by atoms with Crippen LogP contribution in [-0.4, -0.2) is 17.5 Å². The molecule has 1 aromatic rings. The Morgan fingerprint density at radius 3 is 3.00 bits per heavy atom. The molecule has 0 aliphatic carbocycles. The van der Waals surface area contributed by atoms with Crippen LogP contribution in [0.15, 0.2) is 16.6 Å². The maximum atomic E-state index is 13.9. The maximum absolute atomic E-state index is 13.9. The van der Waals surface area contributed by atoms with E-state index in [1.807, 2.05) is 17.8 Å². The highest BCUT2D eigenvalue weighted by Gasteiger charge is 2.15. The van der Waals surface area contributed by atoms with Crippen LogP contribution in [0, 0.1) is 17.1 Å². The molecule has 0 amide bonds. The Bertz CT molecular complexity index is 467. The molecule has 0 spiro atoms. The summed E-state index contributed by atoms with van der Waals surface area (Å²) in [6.45, 7) is 0.778.